The Labute approximate surface area is 424 Å². The maximum atomic E-state index is 13.2. The molecule has 1 aromatic carbocycles. The van der Waals surface area contributed by atoms with Gasteiger partial charge in [0.25, 0.3) is 0 Å². The van der Waals surface area contributed by atoms with Crippen molar-refractivity contribution in [1.82, 2.24) is 0 Å². The Kier molecular flexibility index (Phi) is 33.4. The second-order valence-corrected chi connectivity index (χ2v) is 21.2. The number of hydrogen-bond acceptors (Lipinski definition) is 6. The number of carbonyl (C=O) groups is 2. The minimum atomic E-state index is -0.220. The zero-order valence-electron chi connectivity index (χ0n) is 46.1. The van der Waals surface area contributed by atoms with E-state index in [1.807, 2.05) is 13.0 Å². The summed E-state index contributed by atoms with van der Waals surface area (Å²) in [7, 11) is 0. The van der Waals surface area contributed by atoms with E-state index in [2.05, 4.69) is 97.9 Å². The summed E-state index contributed by atoms with van der Waals surface area (Å²) in [6, 6.07) is 2.04. The Morgan fingerprint density at radius 2 is 1.23 bits per heavy atom. The Balaban J connectivity index is 1.71. The second-order valence-electron chi connectivity index (χ2n) is 21.2. The van der Waals surface area contributed by atoms with E-state index < -0.39 is 0 Å². The molecule has 0 spiro atoms. The molecule has 0 bridgehead atoms. The van der Waals surface area contributed by atoms with Crippen molar-refractivity contribution in [2.75, 3.05) is 39.4 Å². The van der Waals surface area contributed by atoms with Crippen molar-refractivity contribution in [3.05, 3.63) is 82.0 Å². The van der Waals surface area contributed by atoms with E-state index in [1.165, 1.54) is 61.7 Å². The van der Waals surface area contributed by atoms with Crippen LogP contribution in [0.3, 0.4) is 0 Å². The van der Waals surface area contributed by atoms with E-state index in [9.17, 15) is 14.7 Å². The molecular formula is C62H104NO6+. The van der Waals surface area contributed by atoms with Gasteiger partial charge in [0.05, 0.1) is 32.8 Å². The molecule has 0 aliphatic carbocycles. The summed E-state index contributed by atoms with van der Waals surface area (Å²) >= 11 is 0. The number of aliphatic hydroxyl groups excluding tert-OH is 1. The predicted molar refractivity (Wildman–Crippen MR) is 293 cm³/mol. The van der Waals surface area contributed by atoms with Gasteiger partial charge in [-0.2, -0.15) is 0 Å². The van der Waals surface area contributed by atoms with Crippen molar-refractivity contribution in [1.29, 1.82) is 0 Å². The average molecular weight is 960 g/mol. The van der Waals surface area contributed by atoms with Crippen molar-refractivity contribution < 1.29 is 33.4 Å². The van der Waals surface area contributed by atoms with Gasteiger partial charge in [0.2, 0.25) is 0 Å². The monoisotopic (exact) mass is 959 g/mol. The number of aliphatic hydroxyl groups is 1. The van der Waals surface area contributed by atoms with Crippen LogP contribution < -0.4 is 9.47 Å². The fourth-order valence-corrected chi connectivity index (χ4v) is 9.53. The van der Waals surface area contributed by atoms with E-state index in [0.29, 0.717) is 25.2 Å². The number of esters is 2. The molecule has 7 nitrogen and oxygen atoms in total. The number of ether oxygens (including phenoxy) is 3. The van der Waals surface area contributed by atoms with Crippen molar-refractivity contribution in [2.24, 2.45) is 0 Å². The van der Waals surface area contributed by atoms with Crippen molar-refractivity contribution >= 4 is 11.9 Å². The first-order chi connectivity index (χ1) is 33.3. The van der Waals surface area contributed by atoms with Crippen LogP contribution in [0.1, 0.15) is 239 Å². The summed E-state index contributed by atoms with van der Waals surface area (Å²) in [5.74, 6) is 1.37. The first-order valence-electron chi connectivity index (χ1n) is 28.2. The lowest BCUT2D eigenvalue weighted by Gasteiger charge is -2.39. The van der Waals surface area contributed by atoms with Gasteiger partial charge >= 0.3 is 11.9 Å². The molecule has 69 heavy (non-hydrogen) atoms. The molecule has 1 aliphatic rings. The largest absolute Gasteiger partial charge is 0.487 e. The summed E-state index contributed by atoms with van der Waals surface area (Å²) in [5.41, 5.74) is 7.27. The van der Waals surface area contributed by atoms with Gasteiger partial charge < -0.3 is 23.8 Å². The maximum absolute atomic E-state index is 13.2. The molecule has 0 saturated heterocycles. The van der Waals surface area contributed by atoms with Gasteiger partial charge in [-0.15, -0.1) is 0 Å². The highest BCUT2D eigenvalue weighted by molar-refractivity contribution is 5.73. The lowest BCUT2D eigenvalue weighted by Crippen LogP contribution is -2.51. The van der Waals surface area contributed by atoms with Gasteiger partial charge in [-0.1, -0.05) is 112 Å². The Bertz CT molecular complexity index is 1730. The molecule has 1 heterocycles. The van der Waals surface area contributed by atoms with E-state index >= 15 is 0 Å². The normalized spacial score (nSPS) is 16.1. The number of rotatable bonds is 40. The molecule has 1 aromatic rings. The number of hydrogen-bond donors (Lipinski definition) is 1. The Morgan fingerprint density at radius 3 is 1.90 bits per heavy atom. The number of carbonyl (C=O) groups excluding carboxylic acids is 2. The molecule has 7 heteroatoms. The lowest BCUT2D eigenvalue weighted by atomic mass is 9.86. The van der Waals surface area contributed by atoms with Crippen LogP contribution in [-0.4, -0.2) is 66.5 Å². The third kappa shape index (κ3) is 28.3. The molecule has 2 unspecified atom stereocenters. The zero-order valence-corrected chi connectivity index (χ0v) is 46.1. The molecule has 0 aromatic heterocycles. The number of quaternary nitrogens is 1. The van der Waals surface area contributed by atoms with Crippen LogP contribution in [0.4, 0.5) is 0 Å². The number of fused-ring (bicyclic) bond motifs is 1. The van der Waals surface area contributed by atoms with Gasteiger partial charge in [-0.05, 0) is 200 Å². The molecule has 0 fully saturated rings. The van der Waals surface area contributed by atoms with Gasteiger partial charge in [-0.3, -0.25) is 9.59 Å². The number of allylic oxidation sites excluding steroid dienone is 10. The van der Waals surface area contributed by atoms with Gasteiger partial charge in [0.1, 0.15) is 23.6 Å². The van der Waals surface area contributed by atoms with Crippen LogP contribution in [0.25, 0.3) is 0 Å². The molecule has 0 radical (unpaired) electrons. The SMILES string of the molecule is CCCCC/C=C/C/C=C/CCCCCCCC(=O)OCCCC[N+](CCO)(CCCC)CCCCCC(=O)Oc1cc2c(c(C)c1C)OC(C)(CC/C=C(\C)CC/C=C(\C)CCC=C(C)C)CC2. The third-order valence-electron chi connectivity index (χ3n) is 14.3. The van der Waals surface area contributed by atoms with Crippen molar-refractivity contribution in [3.63, 3.8) is 0 Å². The Morgan fingerprint density at radius 1 is 0.652 bits per heavy atom. The Hall–Kier alpha value is -3.42. The quantitative estimate of drug-likeness (QED) is 0.0232. The highest BCUT2D eigenvalue weighted by atomic mass is 16.5. The molecular weight excluding hydrogens is 855 g/mol. The third-order valence-corrected chi connectivity index (χ3v) is 14.3. The van der Waals surface area contributed by atoms with Gasteiger partial charge in [0.15, 0.2) is 0 Å². The molecule has 392 valence electrons. The molecule has 2 rings (SSSR count). The summed E-state index contributed by atoms with van der Waals surface area (Å²) < 4.78 is 19.3. The summed E-state index contributed by atoms with van der Waals surface area (Å²) in [6.07, 6.45) is 45.2. The molecule has 0 saturated carbocycles. The van der Waals surface area contributed by atoms with Crippen LogP contribution >= 0.6 is 0 Å². The number of unbranched alkanes of at least 4 members (excludes halogenated alkanes) is 12. The van der Waals surface area contributed by atoms with Crippen LogP contribution in [0, 0.1) is 13.8 Å². The standard InChI is InChI=1S/C62H104NO6/c1-10-12-14-15-16-17-18-19-20-21-22-23-24-25-27-40-59(65)67-50-31-30-47-63(48-49-64,45-13-11-2)46-29-26-28-41-60(66)68-58-51-57-42-44-62(9,69-61(57)56(8)55(58)7)43-34-39-54(6)38-33-37-53(5)36-32-35-52(3)4/h16-17,19-20,35,37,39,51,64H,10-15,18,21-34,36,38,40-50H2,1-9H3/q+1/b17-16+,20-19+,53-37+,54-39+. The smallest absolute Gasteiger partial charge is 0.311 e. The molecule has 1 N–H and O–H groups in total. The van der Waals surface area contributed by atoms with Gasteiger partial charge in [-0.25, -0.2) is 0 Å². The zero-order chi connectivity index (χ0) is 50.6. The first-order valence-corrected chi connectivity index (χ1v) is 28.2. The molecule has 0 amide bonds. The predicted octanol–water partition coefficient (Wildman–Crippen LogP) is 16.8. The van der Waals surface area contributed by atoms with Crippen molar-refractivity contribution in [3.8, 4) is 11.5 Å². The lowest BCUT2D eigenvalue weighted by molar-refractivity contribution is -0.929. The van der Waals surface area contributed by atoms with Crippen LogP contribution in [0.2, 0.25) is 0 Å². The van der Waals surface area contributed by atoms with E-state index in [0.717, 1.165) is 175 Å². The highest BCUT2D eigenvalue weighted by Crippen LogP contribution is 2.42. The molecule has 1 aliphatic heterocycles. The minimum absolute atomic E-state index is 0.0735. The van der Waals surface area contributed by atoms with Crippen molar-refractivity contribution in [2.45, 2.75) is 248 Å². The number of benzene rings is 1. The second kappa shape index (κ2) is 37.4. The number of nitrogens with zero attached hydrogens (tertiary/aromatic N) is 1. The fourth-order valence-electron chi connectivity index (χ4n) is 9.53. The maximum Gasteiger partial charge on any atom is 0.311 e. The highest BCUT2D eigenvalue weighted by Gasteiger charge is 2.33. The van der Waals surface area contributed by atoms with Crippen LogP contribution in [0.5, 0.6) is 11.5 Å². The van der Waals surface area contributed by atoms with E-state index in [-0.39, 0.29) is 24.1 Å². The van der Waals surface area contributed by atoms with Gasteiger partial charge in [0, 0.05) is 12.8 Å². The average Bonchev–Trinajstić information content (AvgIpc) is 3.31. The summed E-state index contributed by atoms with van der Waals surface area (Å²) in [4.78, 5) is 25.6. The summed E-state index contributed by atoms with van der Waals surface area (Å²) in [6.45, 7) is 24.0. The van der Waals surface area contributed by atoms with Crippen LogP contribution in [0.15, 0.2) is 65.3 Å². The van der Waals surface area contributed by atoms with E-state index in [1.54, 1.807) is 0 Å². The fraction of sp³-hybridized carbons (Fsp3) is 0.710. The molecule has 2 atom stereocenters. The topological polar surface area (TPSA) is 82.1 Å². The van der Waals surface area contributed by atoms with E-state index in [4.69, 9.17) is 14.2 Å². The van der Waals surface area contributed by atoms with Crippen LogP contribution in [-0.2, 0) is 20.7 Å². The summed E-state index contributed by atoms with van der Waals surface area (Å²) in [5, 5.41) is 10.1. The first kappa shape index (κ1) is 61.7. The number of aryl methyl sites for hydroxylation is 1. The minimum Gasteiger partial charge on any atom is -0.487 e.